The van der Waals surface area contributed by atoms with Crippen molar-refractivity contribution in [3.63, 3.8) is 0 Å². The van der Waals surface area contributed by atoms with Gasteiger partial charge in [-0.2, -0.15) is 0 Å². The first-order chi connectivity index (χ1) is 15.0. The Hall–Kier alpha value is -2.96. The molecule has 1 amide bonds. The van der Waals surface area contributed by atoms with Gasteiger partial charge >= 0.3 is 0 Å². The van der Waals surface area contributed by atoms with Crippen LogP contribution in [0.4, 0.5) is 0 Å². The van der Waals surface area contributed by atoms with Crippen molar-refractivity contribution in [2.45, 2.75) is 13.2 Å². The number of fused-ring (bicyclic) bond motifs is 1. The lowest BCUT2D eigenvalue weighted by molar-refractivity contribution is 0.0950. The molecule has 0 spiro atoms. The molecule has 1 heterocycles. The number of methoxy groups -OCH3 is 1. The summed E-state index contributed by atoms with van der Waals surface area (Å²) >= 11 is 9.45. The SMILES string of the molecule is COc1ccc(C(=O)NCc2cc3cc(Cl)ccc3[nH]2)cc1COc1ccc(Br)cc1. The van der Waals surface area contributed by atoms with Crippen molar-refractivity contribution in [1.82, 2.24) is 10.3 Å². The molecule has 0 bridgehead atoms. The smallest absolute Gasteiger partial charge is 0.251 e. The van der Waals surface area contributed by atoms with Gasteiger partial charge < -0.3 is 19.8 Å². The van der Waals surface area contributed by atoms with Gasteiger partial charge in [0.05, 0.1) is 13.7 Å². The van der Waals surface area contributed by atoms with Crippen molar-refractivity contribution in [3.8, 4) is 11.5 Å². The summed E-state index contributed by atoms with van der Waals surface area (Å²) in [5.74, 6) is 1.23. The number of ether oxygens (including phenoxy) is 2. The van der Waals surface area contributed by atoms with Crippen molar-refractivity contribution in [2.24, 2.45) is 0 Å². The average molecular weight is 500 g/mol. The molecule has 0 radical (unpaired) electrons. The van der Waals surface area contributed by atoms with E-state index in [-0.39, 0.29) is 12.5 Å². The van der Waals surface area contributed by atoms with Gasteiger partial charge in [0.2, 0.25) is 0 Å². The van der Waals surface area contributed by atoms with Crippen LogP contribution in [0.5, 0.6) is 11.5 Å². The maximum absolute atomic E-state index is 12.7. The van der Waals surface area contributed by atoms with Gasteiger partial charge in [0, 0.05) is 37.2 Å². The van der Waals surface area contributed by atoms with E-state index < -0.39 is 0 Å². The van der Waals surface area contributed by atoms with Crippen LogP contribution in [0.25, 0.3) is 10.9 Å². The fourth-order valence-corrected chi connectivity index (χ4v) is 3.71. The molecule has 4 aromatic rings. The molecule has 0 aliphatic heterocycles. The first-order valence-electron chi connectivity index (χ1n) is 9.62. The first-order valence-corrected chi connectivity index (χ1v) is 10.8. The van der Waals surface area contributed by atoms with Crippen molar-refractivity contribution in [3.05, 3.63) is 93.0 Å². The van der Waals surface area contributed by atoms with Crippen LogP contribution in [-0.2, 0) is 13.2 Å². The Morgan fingerprint density at radius 2 is 1.87 bits per heavy atom. The van der Waals surface area contributed by atoms with Gasteiger partial charge in [-0.05, 0) is 66.7 Å². The molecule has 2 N–H and O–H groups in total. The minimum absolute atomic E-state index is 0.177. The molecule has 31 heavy (non-hydrogen) atoms. The lowest BCUT2D eigenvalue weighted by Crippen LogP contribution is -2.23. The van der Waals surface area contributed by atoms with Crippen LogP contribution in [0.3, 0.4) is 0 Å². The number of H-pyrrole nitrogens is 1. The van der Waals surface area contributed by atoms with Gasteiger partial charge in [0.15, 0.2) is 0 Å². The number of hydrogen-bond acceptors (Lipinski definition) is 3. The van der Waals surface area contributed by atoms with Crippen molar-refractivity contribution >= 4 is 44.3 Å². The molecule has 3 aromatic carbocycles. The highest BCUT2D eigenvalue weighted by atomic mass is 79.9. The van der Waals surface area contributed by atoms with Crippen molar-refractivity contribution in [1.29, 1.82) is 0 Å². The number of rotatable bonds is 7. The Bertz CT molecular complexity index is 1220. The molecule has 0 atom stereocenters. The van der Waals surface area contributed by atoms with Gasteiger partial charge in [-0.3, -0.25) is 4.79 Å². The Morgan fingerprint density at radius 1 is 1.06 bits per heavy atom. The molecule has 0 saturated carbocycles. The summed E-state index contributed by atoms with van der Waals surface area (Å²) in [7, 11) is 1.60. The zero-order valence-electron chi connectivity index (χ0n) is 16.7. The van der Waals surface area contributed by atoms with Gasteiger partial charge in [-0.15, -0.1) is 0 Å². The number of aromatic amines is 1. The Labute approximate surface area is 193 Å². The molecular weight excluding hydrogens is 480 g/mol. The second kappa shape index (κ2) is 9.45. The highest BCUT2D eigenvalue weighted by Crippen LogP contribution is 2.24. The van der Waals surface area contributed by atoms with E-state index in [2.05, 4.69) is 26.2 Å². The highest BCUT2D eigenvalue weighted by molar-refractivity contribution is 9.10. The number of aromatic nitrogens is 1. The third kappa shape index (κ3) is 5.21. The normalized spacial score (nSPS) is 10.8. The number of hydrogen-bond donors (Lipinski definition) is 2. The van der Waals surface area contributed by atoms with Gasteiger partial charge in [0.1, 0.15) is 18.1 Å². The number of carbonyl (C=O) groups is 1. The molecule has 0 saturated heterocycles. The fourth-order valence-electron chi connectivity index (χ4n) is 3.26. The van der Waals surface area contributed by atoms with Crippen LogP contribution in [0.1, 0.15) is 21.6 Å². The third-order valence-corrected chi connectivity index (χ3v) is 5.59. The molecular formula is C24H20BrClN2O3. The highest BCUT2D eigenvalue weighted by Gasteiger charge is 2.12. The average Bonchev–Trinajstić information content (AvgIpc) is 3.19. The summed E-state index contributed by atoms with van der Waals surface area (Å²) in [6.45, 7) is 0.663. The summed E-state index contributed by atoms with van der Waals surface area (Å²) < 4.78 is 12.3. The molecule has 0 fully saturated rings. The first kappa shape index (κ1) is 21.3. The van der Waals surface area contributed by atoms with Gasteiger partial charge in [0.25, 0.3) is 5.91 Å². The Balaban J connectivity index is 1.44. The zero-order chi connectivity index (χ0) is 21.8. The van der Waals surface area contributed by atoms with E-state index in [9.17, 15) is 4.79 Å². The fraction of sp³-hybridized carbons (Fsp3) is 0.125. The molecule has 4 rings (SSSR count). The maximum atomic E-state index is 12.7. The standard InChI is InChI=1S/C24H20BrClN2O3/c1-30-23-9-2-15(10-17(23)14-31-21-6-3-18(25)4-7-21)24(29)27-13-20-12-16-11-19(26)5-8-22(16)28-20/h2-12,28H,13-14H2,1H3,(H,27,29). The molecule has 0 aliphatic rings. The van der Waals surface area contributed by atoms with Gasteiger partial charge in [-0.1, -0.05) is 27.5 Å². The van der Waals surface area contributed by atoms with Crippen molar-refractivity contribution < 1.29 is 14.3 Å². The van der Waals surface area contributed by atoms with E-state index in [0.717, 1.165) is 32.4 Å². The number of nitrogens with one attached hydrogen (secondary N) is 2. The van der Waals surface area contributed by atoms with Gasteiger partial charge in [-0.25, -0.2) is 0 Å². The Morgan fingerprint density at radius 3 is 2.65 bits per heavy atom. The Kier molecular flexibility index (Phi) is 6.49. The molecule has 158 valence electrons. The quantitative estimate of drug-likeness (QED) is 0.323. The predicted octanol–water partition coefficient (Wildman–Crippen LogP) is 6.10. The van der Waals surface area contributed by atoms with Crippen LogP contribution in [0.15, 0.2) is 71.2 Å². The lowest BCUT2D eigenvalue weighted by atomic mass is 10.1. The minimum Gasteiger partial charge on any atom is -0.496 e. The molecule has 0 unspecified atom stereocenters. The van der Waals surface area contributed by atoms with Crippen LogP contribution in [0, 0.1) is 0 Å². The zero-order valence-corrected chi connectivity index (χ0v) is 19.1. The van der Waals surface area contributed by atoms with E-state index in [4.69, 9.17) is 21.1 Å². The summed E-state index contributed by atoms with van der Waals surface area (Å²) in [6.07, 6.45) is 0. The van der Waals surface area contributed by atoms with Crippen molar-refractivity contribution in [2.75, 3.05) is 7.11 Å². The minimum atomic E-state index is -0.177. The van der Waals surface area contributed by atoms with E-state index in [1.807, 2.05) is 48.5 Å². The summed E-state index contributed by atoms with van der Waals surface area (Å²) in [6, 6.07) is 20.5. The molecule has 1 aromatic heterocycles. The van der Waals surface area contributed by atoms with E-state index in [0.29, 0.717) is 22.9 Å². The largest absolute Gasteiger partial charge is 0.496 e. The second-order valence-corrected chi connectivity index (χ2v) is 8.33. The topological polar surface area (TPSA) is 63.3 Å². The number of amides is 1. The lowest BCUT2D eigenvalue weighted by Gasteiger charge is -2.12. The number of benzene rings is 3. The molecule has 7 heteroatoms. The monoisotopic (exact) mass is 498 g/mol. The van der Waals surface area contributed by atoms with E-state index in [1.54, 1.807) is 25.3 Å². The van der Waals surface area contributed by atoms with E-state index >= 15 is 0 Å². The van der Waals surface area contributed by atoms with Crippen LogP contribution in [0.2, 0.25) is 5.02 Å². The van der Waals surface area contributed by atoms with Crippen LogP contribution in [-0.4, -0.2) is 18.0 Å². The predicted molar refractivity (Wildman–Crippen MR) is 126 cm³/mol. The molecule has 5 nitrogen and oxygen atoms in total. The summed E-state index contributed by atoms with van der Waals surface area (Å²) in [5, 5.41) is 4.63. The maximum Gasteiger partial charge on any atom is 0.251 e. The third-order valence-electron chi connectivity index (χ3n) is 4.83. The number of halogens is 2. The summed E-state index contributed by atoms with van der Waals surface area (Å²) in [5.41, 5.74) is 3.20. The second-order valence-electron chi connectivity index (χ2n) is 6.98. The van der Waals surface area contributed by atoms with Crippen LogP contribution >= 0.6 is 27.5 Å². The van der Waals surface area contributed by atoms with E-state index in [1.165, 1.54) is 0 Å². The molecule has 0 aliphatic carbocycles. The number of carbonyl (C=O) groups excluding carboxylic acids is 1. The summed E-state index contributed by atoms with van der Waals surface area (Å²) in [4.78, 5) is 16.0. The van der Waals surface area contributed by atoms with Crippen LogP contribution < -0.4 is 14.8 Å².